The summed E-state index contributed by atoms with van der Waals surface area (Å²) in [5, 5.41) is 22.2. The Labute approximate surface area is 849 Å². The fourth-order valence-electron chi connectivity index (χ4n) is 22.6. The van der Waals surface area contributed by atoms with Gasteiger partial charge in [-0.1, -0.05) is 104 Å². The van der Waals surface area contributed by atoms with Crippen molar-refractivity contribution in [1.29, 1.82) is 0 Å². The van der Waals surface area contributed by atoms with Crippen molar-refractivity contribution in [3.05, 3.63) is 259 Å². The number of fused-ring (bicyclic) bond motifs is 12. The number of nitrogens with one attached hydrogen (secondary N) is 4. The molecule has 10 atom stereocenters. The average molecular weight is 2070 g/mol. The van der Waals surface area contributed by atoms with E-state index >= 15 is 35.1 Å². The van der Waals surface area contributed by atoms with Crippen LogP contribution in [-0.2, 0) is 35.3 Å². The van der Waals surface area contributed by atoms with Gasteiger partial charge in [-0.3, -0.25) is 48.8 Å². The van der Waals surface area contributed by atoms with E-state index in [-0.39, 0.29) is 108 Å². The highest BCUT2D eigenvalue weighted by atomic mass is 19.4. The summed E-state index contributed by atoms with van der Waals surface area (Å²) in [6.45, 7) is 26.0. The van der Waals surface area contributed by atoms with Crippen molar-refractivity contribution in [2.75, 3.05) is 105 Å². The van der Waals surface area contributed by atoms with Gasteiger partial charge < -0.3 is 49.1 Å². The van der Waals surface area contributed by atoms with Crippen LogP contribution in [0.2, 0.25) is 0 Å². The molecule has 148 heavy (non-hydrogen) atoms. The summed E-state index contributed by atoms with van der Waals surface area (Å²) in [5.41, 5.74) is 6.72. The van der Waals surface area contributed by atoms with Crippen molar-refractivity contribution in [3.8, 4) is 23.0 Å². The fourth-order valence-corrected chi connectivity index (χ4v) is 22.6. The zero-order valence-electron chi connectivity index (χ0n) is 84.6. The Hall–Kier alpha value is -11.4. The number of H-pyrrole nitrogens is 4. The van der Waals surface area contributed by atoms with Crippen LogP contribution in [0.25, 0.3) is 43.6 Å². The van der Waals surface area contributed by atoms with E-state index in [1.807, 2.05) is 72.2 Å². The van der Waals surface area contributed by atoms with Crippen molar-refractivity contribution >= 4 is 55.6 Å². The van der Waals surface area contributed by atoms with Crippen molar-refractivity contribution < 1.29 is 109 Å². The maximum Gasteiger partial charge on any atom is 0.401 e. The normalized spacial score (nSPS) is 21.4. The first-order valence-electron chi connectivity index (χ1n) is 51.5. The molecule has 4 fully saturated rings. The van der Waals surface area contributed by atoms with Gasteiger partial charge in [-0.05, 0) is 176 Å². The van der Waals surface area contributed by atoms with Gasteiger partial charge in [0, 0.05) is 227 Å². The predicted octanol–water partition coefficient (Wildman–Crippen LogP) is 23.4. The number of nitrogens with zero attached hydrogens (tertiary/aromatic N) is 8. The monoisotopic (exact) mass is 2070 g/mol. The molecule has 8 aliphatic rings. The number of alkyl halides is 6. The SMILES string of the molecule is CCCCN1CC(Oc2cc(F)c([C@@H]3c4[nH]c5ccc(F)cc5c4C[C@@H](C)N3CC(F)(F)F)c(F)c2)C1.CCCCN1CC(Oc2cc(F)c([C@@H]3c4[nH]c5ccccc5c4CC(C)N3CC(C)C(=O)O)c(F)c2)C1.CCCCN1CC(Oc2cc(F)c([C@@H]3c4[nH]c5ccccc5c4C[C@@H](C)N3CC(C)C(=O)O)c(F)c2)C1.CCCCN1CC(Oc2cc(F)c([C@H]3c4[nH]c5ccc(F)cc5c4C[C@H](C)N3CC(F)(F)F)c(F)c2)C1. The van der Waals surface area contributed by atoms with E-state index in [9.17, 15) is 54.9 Å². The quantitative estimate of drug-likeness (QED) is 0.0217. The molecule has 796 valence electrons. The molecule has 20 rings (SSSR count). The Morgan fingerprint density at radius 2 is 0.568 bits per heavy atom. The van der Waals surface area contributed by atoms with Gasteiger partial charge in [-0.25, -0.2) is 43.9 Å². The Morgan fingerprint density at radius 3 is 0.811 bits per heavy atom. The summed E-state index contributed by atoms with van der Waals surface area (Å²) in [6, 6.07) is 27.0. The zero-order valence-corrected chi connectivity index (χ0v) is 84.6. The lowest BCUT2D eigenvalue weighted by Crippen LogP contribution is -2.53. The van der Waals surface area contributed by atoms with Gasteiger partial charge in [0.05, 0.1) is 49.1 Å². The number of benzene rings is 8. The summed E-state index contributed by atoms with van der Waals surface area (Å²) in [4.78, 5) is 51.1. The highest BCUT2D eigenvalue weighted by Gasteiger charge is 2.49. The molecule has 4 aromatic heterocycles. The number of carboxylic acids is 2. The van der Waals surface area contributed by atoms with Crippen LogP contribution in [0.15, 0.2) is 133 Å². The summed E-state index contributed by atoms with van der Waals surface area (Å²) >= 11 is 0. The molecule has 36 heteroatoms. The summed E-state index contributed by atoms with van der Waals surface area (Å²) in [5.74, 6) is -10.6. The van der Waals surface area contributed by atoms with Crippen LogP contribution in [0.4, 0.5) is 70.2 Å². The number of hydrogen-bond acceptors (Lipinski definition) is 14. The zero-order chi connectivity index (χ0) is 105. The molecule has 0 saturated carbocycles. The molecule has 8 aliphatic heterocycles. The van der Waals surface area contributed by atoms with E-state index in [0.29, 0.717) is 83.3 Å². The highest BCUT2D eigenvalue weighted by Crippen LogP contribution is 2.51. The first-order chi connectivity index (χ1) is 70.6. The number of ether oxygens (including phenoxy) is 4. The second-order valence-corrected chi connectivity index (χ2v) is 41.4. The molecule has 4 saturated heterocycles. The lowest BCUT2D eigenvalue weighted by atomic mass is 9.87. The van der Waals surface area contributed by atoms with Gasteiger partial charge in [-0.2, -0.15) is 26.3 Å². The molecule has 0 amide bonds. The third-order valence-corrected chi connectivity index (χ3v) is 30.2. The molecule has 0 aliphatic carbocycles. The summed E-state index contributed by atoms with van der Waals surface area (Å²) in [6.07, 6.45) is 0.657. The minimum Gasteiger partial charge on any atom is -0.488 e. The van der Waals surface area contributed by atoms with E-state index in [1.165, 1.54) is 60.7 Å². The van der Waals surface area contributed by atoms with Crippen LogP contribution in [-0.4, -0.2) is 247 Å². The second kappa shape index (κ2) is 45.4. The lowest BCUT2D eigenvalue weighted by molar-refractivity contribution is -0.156. The van der Waals surface area contributed by atoms with Gasteiger partial charge in [0.15, 0.2) is 0 Å². The van der Waals surface area contributed by atoms with Gasteiger partial charge in [0.25, 0.3) is 0 Å². The smallest absolute Gasteiger partial charge is 0.401 e. The van der Waals surface area contributed by atoms with E-state index in [4.69, 9.17) is 18.9 Å². The van der Waals surface area contributed by atoms with Crippen molar-refractivity contribution in [3.63, 3.8) is 0 Å². The molecule has 8 aromatic carbocycles. The van der Waals surface area contributed by atoms with Gasteiger partial charge in [-0.15, -0.1) is 0 Å². The number of hydrogen-bond donors (Lipinski definition) is 6. The third-order valence-electron chi connectivity index (χ3n) is 30.2. The number of rotatable bonds is 32. The van der Waals surface area contributed by atoms with E-state index in [0.717, 1.165) is 171 Å². The van der Waals surface area contributed by atoms with E-state index < -0.39 is 155 Å². The van der Waals surface area contributed by atoms with Crippen LogP contribution in [0.5, 0.6) is 23.0 Å². The summed E-state index contributed by atoms with van der Waals surface area (Å²) in [7, 11) is 0. The minimum absolute atomic E-state index is 0.00376. The number of aromatic nitrogens is 4. The van der Waals surface area contributed by atoms with Gasteiger partial charge in [0.1, 0.15) is 106 Å². The predicted molar refractivity (Wildman–Crippen MR) is 534 cm³/mol. The number of unbranched alkanes of at least 4 members (excludes halogenated alkanes) is 4. The Morgan fingerprint density at radius 1 is 0.338 bits per heavy atom. The summed E-state index contributed by atoms with van der Waals surface area (Å²) < 4.78 is 258. The first-order valence-corrected chi connectivity index (χ1v) is 51.5. The van der Waals surface area contributed by atoms with Crippen LogP contribution >= 0.6 is 0 Å². The van der Waals surface area contributed by atoms with Gasteiger partial charge >= 0.3 is 24.3 Å². The van der Waals surface area contributed by atoms with E-state index in [1.54, 1.807) is 27.7 Å². The number of carboxylic acid groups (broad SMARTS) is 2. The molecule has 0 spiro atoms. The first kappa shape index (κ1) is 108. The number of aromatic amines is 4. The minimum atomic E-state index is -4.59. The maximum atomic E-state index is 15.8. The lowest BCUT2D eigenvalue weighted by Gasteiger charge is -2.42. The van der Waals surface area contributed by atoms with Crippen molar-refractivity contribution in [2.45, 2.75) is 231 Å². The molecule has 0 bridgehead atoms. The maximum absolute atomic E-state index is 15.8. The number of aliphatic carboxylic acids is 2. The largest absolute Gasteiger partial charge is 0.488 e. The third kappa shape index (κ3) is 23.7. The Balaban J connectivity index is 0.000000135. The topological polar surface area (TPSA) is 201 Å². The molecule has 12 heterocycles. The van der Waals surface area contributed by atoms with E-state index in [2.05, 4.69) is 67.2 Å². The molecule has 6 N–H and O–H groups in total. The van der Waals surface area contributed by atoms with Crippen molar-refractivity contribution in [1.82, 2.24) is 59.1 Å². The second-order valence-electron chi connectivity index (χ2n) is 41.4. The highest BCUT2D eigenvalue weighted by molar-refractivity contribution is 5.89. The van der Waals surface area contributed by atoms with Crippen LogP contribution in [0, 0.1) is 70.0 Å². The number of halogens is 16. The molecular weight excluding hydrogens is 1950 g/mol. The average Bonchev–Trinajstić information content (AvgIpc) is 1.56. The molecule has 20 nitrogen and oxygen atoms in total. The molecular formula is C112H128F16N12O8. The number of para-hydroxylation sites is 2. The Bertz CT molecular complexity index is 6240. The van der Waals surface area contributed by atoms with Gasteiger partial charge in [0.2, 0.25) is 0 Å². The van der Waals surface area contributed by atoms with Crippen LogP contribution in [0.3, 0.4) is 0 Å². The molecule has 3 unspecified atom stereocenters. The Kier molecular flexibility index (Phi) is 33.1. The van der Waals surface area contributed by atoms with Crippen molar-refractivity contribution in [2.24, 2.45) is 11.8 Å². The van der Waals surface area contributed by atoms with Crippen LogP contribution < -0.4 is 18.9 Å². The fraction of sp³-hybridized carbons (Fsp3) is 0.482. The van der Waals surface area contributed by atoms with Crippen LogP contribution in [0.1, 0.15) is 212 Å². The standard InChI is InChI=1S/2C29H35F2N3O3.2C27H29F6N3O/c2*1-4-5-10-33-15-20(16-33)37-19-12-23(30)26(24(31)13-19)28-27-22(21-8-6-7-9-25(21)32-27)11-18(3)34(28)14-17(2)29(35)36;2*1-3-4-7-35-12-18(13-35)37-17-10-21(29)24(22(30)11-17)26-25-20(8-15(2)36(26)14-27(31,32)33)19-9-16(28)5-6-23(19)34-25/h2*6-9,12-13,17-18,20,28,32H,4-5,10-11,14-16H2,1-3H3,(H,35,36);2*5-6,9-11,15,18,26,34H,3-4,7-8,12-14H2,1-2H3/t17?,18?,28-;17?,18-,28-;2*15-,26-/m1110/s1. The molecule has 0 radical (unpaired) electrons. The number of likely N-dealkylation sites (tertiary alicyclic amines) is 4. The number of carbonyl (C=O) groups is 2. The molecule has 12 aromatic rings.